The van der Waals surface area contributed by atoms with Gasteiger partial charge >= 0.3 is 0 Å². The van der Waals surface area contributed by atoms with E-state index in [4.69, 9.17) is 4.74 Å². The number of para-hydroxylation sites is 1. The Morgan fingerprint density at radius 2 is 2.18 bits per heavy atom. The molecule has 1 aromatic carbocycles. The molecule has 1 aliphatic rings. The van der Waals surface area contributed by atoms with Crippen LogP contribution in [0.4, 0.5) is 0 Å². The molecule has 1 fully saturated rings. The van der Waals surface area contributed by atoms with Gasteiger partial charge in [-0.15, -0.1) is 0 Å². The minimum Gasteiger partial charge on any atom is -0.381 e. The van der Waals surface area contributed by atoms with Crippen LogP contribution in [-0.4, -0.2) is 24.0 Å². The first-order chi connectivity index (χ1) is 8.36. The molecule has 1 aromatic heterocycles. The maximum Gasteiger partial charge on any atom is 0.169 e. The Bertz CT molecular complexity index is 554. The highest BCUT2D eigenvalue weighted by Gasteiger charge is 2.25. The summed E-state index contributed by atoms with van der Waals surface area (Å²) < 4.78 is 5.28. The molecule has 0 spiro atoms. The van der Waals surface area contributed by atoms with E-state index < -0.39 is 0 Å². The van der Waals surface area contributed by atoms with Crippen LogP contribution in [0.5, 0.6) is 0 Å². The van der Waals surface area contributed by atoms with Gasteiger partial charge in [-0.05, 0) is 18.6 Å². The second kappa shape index (κ2) is 4.26. The summed E-state index contributed by atoms with van der Waals surface area (Å²) in [5, 5.41) is 0.937. The standard InChI is InChI=1S/C14H13NO2/c16-14(10-6-8-17-9-10)12-5-7-15-13-4-2-1-3-11(12)13/h1-5,7,10H,6,8-9H2. The predicted octanol–water partition coefficient (Wildman–Crippen LogP) is 2.45. The molecule has 2 heterocycles. The van der Waals surface area contributed by atoms with Crippen molar-refractivity contribution in [2.24, 2.45) is 5.92 Å². The SMILES string of the molecule is O=C(c1ccnc2ccccc12)C1CCOC1. The molecule has 1 atom stereocenters. The van der Waals surface area contributed by atoms with Crippen LogP contribution >= 0.6 is 0 Å². The van der Waals surface area contributed by atoms with Gasteiger partial charge in [0.25, 0.3) is 0 Å². The van der Waals surface area contributed by atoms with E-state index in [1.807, 2.05) is 30.3 Å². The van der Waals surface area contributed by atoms with E-state index in [0.717, 1.165) is 22.9 Å². The Hall–Kier alpha value is -1.74. The predicted molar refractivity (Wildman–Crippen MR) is 65.0 cm³/mol. The van der Waals surface area contributed by atoms with Crippen molar-refractivity contribution in [3.63, 3.8) is 0 Å². The molecule has 3 nitrogen and oxygen atoms in total. The van der Waals surface area contributed by atoms with Crippen LogP contribution in [-0.2, 0) is 4.74 Å². The molecule has 1 aliphatic heterocycles. The van der Waals surface area contributed by atoms with E-state index in [9.17, 15) is 4.79 Å². The van der Waals surface area contributed by atoms with Crippen molar-refractivity contribution in [2.75, 3.05) is 13.2 Å². The maximum absolute atomic E-state index is 12.4. The van der Waals surface area contributed by atoms with Gasteiger partial charge in [-0.3, -0.25) is 9.78 Å². The number of ether oxygens (including phenoxy) is 1. The monoisotopic (exact) mass is 227 g/mol. The summed E-state index contributed by atoms with van der Waals surface area (Å²) in [4.78, 5) is 16.6. The first-order valence-corrected chi connectivity index (χ1v) is 5.82. The van der Waals surface area contributed by atoms with Crippen LogP contribution in [0.25, 0.3) is 10.9 Å². The third-order valence-electron chi connectivity index (χ3n) is 3.21. The average Bonchev–Trinajstić information content (AvgIpc) is 2.91. The lowest BCUT2D eigenvalue weighted by atomic mass is 9.95. The van der Waals surface area contributed by atoms with E-state index in [1.54, 1.807) is 6.20 Å². The molecular formula is C14H13NO2. The Morgan fingerprint density at radius 3 is 3.00 bits per heavy atom. The number of ketones is 1. The number of pyridine rings is 1. The number of nitrogens with zero attached hydrogens (tertiary/aromatic N) is 1. The van der Waals surface area contributed by atoms with E-state index in [1.165, 1.54) is 0 Å². The number of benzene rings is 1. The van der Waals surface area contributed by atoms with Gasteiger partial charge in [-0.25, -0.2) is 0 Å². The molecular weight excluding hydrogens is 214 g/mol. The van der Waals surface area contributed by atoms with Crippen LogP contribution in [0.1, 0.15) is 16.8 Å². The number of Topliss-reactive ketones (excluding diaryl/α,β-unsaturated/α-hetero) is 1. The number of hydrogen-bond donors (Lipinski definition) is 0. The highest BCUT2D eigenvalue weighted by atomic mass is 16.5. The normalized spacial score (nSPS) is 19.6. The van der Waals surface area contributed by atoms with Crippen LogP contribution < -0.4 is 0 Å². The summed E-state index contributed by atoms with van der Waals surface area (Å²) in [5.41, 5.74) is 1.64. The number of carbonyl (C=O) groups is 1. The zero-order valence-electron chi connectivity index (χ0n) is 9.43. The minimum absolute atomic E-state index is 0.0146. The lowest BCUT2D eigenvalue weighted by Gasteiger charge is -2.08. The zero-order valence-corrected chi connectivity index (χ0v) is 9.43. The number of fused-ring (bicyclic) bond motifs is 1. The first-order valence-electron chi connectivity index (χ1n) is 5.82. The quantitative estimate of drug-likeness (QED) is 0.740. The Morgan fingerprint density at radius 1 is 1.29 bits per heavy atom. The van der Waals surface area contributed by atoms with Gasteiger partial charge in [0, 0.05) is 29.7 Å². The molecule has 3 heteroatoms. The average molecular weight is 227 g/mol. The van der Waals surface area contributed by atoms with Crippen molar-refractivity contribution in [3.8, 4) is 0 Å². The number of rotatable bonds is 2. The molecule has 86 valence electrons. The van der Waals surface area contributed by atoms with Gasteiger partial charge in [0.05, 0.1) is 12.1 Å². The summed E-state index contributed by atoms with van der Waals surface area (Å²) in [6.45, 7) is 1.24. The second-order valence-corrected chi connectivity index (χ2v) is 4.30. The van der Waals surface area contributed by atoms with Crippen LogP contribution in [0.3, 0.4) is 0 Å². The third kappa shape index (κ3) is 1.83. The fourth-order valence-electron chi connectivity index (χ4n) is 2.27. The summed E-state index contributed by atoms with van der Waals surface area (Å²) in [7, 11) is 0. The molecule has 0 aliphatic carbocycles. The van der Waals surface area contributed by atoms with E-state index in [0.29, 0.717) is 13.2 Å². The van der Waals surface area contributed by atoms with Gasteiger partial charge in [0.1, 0.15) is 0 Å². The summed E-state index contributed by atoms with van der Waals surface area (Å²) in [5.74, 6) is 0.196. The topological polar surface area (TPSA) is 39.2 Å². The molecule has 1 unspecified atom stereocenters. The Labute approximate surface area is 99.4 Å². The summed E-state index contributed by atoms with van der Waals surface area (Å²) in [6.07, 6.45) is 2.53. The maximum atomic E-state index is 12.4. The van der Waals surface area contributed by atoms with Crippen molar-refractivity contribution in [3.05, 3.63) is 42.1 Å². The van der Waals surface area contributed by atoms with Gasteiger partial charge in [0.2, 0.25) is 0 Å². The summed E-state index contributed by atoms with van der Waals surface area (Å²) in [6, 6.07) is 9.56. The minimum atomic E-state index is 0.0146. The van der Waals surface area contributed by atoms with E-state index >= 15 is 0 Å². The number of aromatic nitrogens is 1. The second-order valence-electron chi connectivity index (χ2n) is 4.30. The van der Waals surface area contributed by atoms with Crippen molar-refractivity contribution in [1.29, 1.82) is 0 Å². The number of carbonyl (C=O) groups excluding carboxylic acids is 1. The van der Waals surface area contributed by atoms with Gasteiger partial charge in [-0.1, -0.05) is 18.2 Å². The van der Waals surface area contributed by atoms with Crippen LogP contribution in [0.2, 0.25) is 0 Å². The van der Waals surface area contributed by atoms with Crippen molar-refractivity contribution in [1.82, 2.24) is 4.98 Å². The molecule has 2 aromatic rings. The summed E-state index contributed by atoms with van der Waals surface area (Å²) >= 11 is 0. The molecule has 17 heavy (non-hydrogen) atoms. The highest BCUT2D eigenvalue weighted by molar-refractivity contribution is 6.08. The fraction of sp³-hybridized carbons (Fsp3) is 0.286. The van der Waals surface area contributed by atoms with Gasteiger partial charge < -0.3 is 4.74 Å². The van der Waals surface area contributed by atoms with Crippen molar-refractivity contribution in [2.45, 2.75) is 6.42 Å². The molecule has 0 amide bonds. The lowest BCUT2D eigenvalue weighted by Crippen LogP contribution is -2.15. The third-order valence-corrected chi connectivity index (χ3v) is 3.21. The smallest absolute Gasteiger partial charge is 0.169 e. The molecule has 1 saturated heterocycles. The molecule has 0 bridgehead atoms. The number of hydrogen-bond acceptors (Lipinski definition) is 3. The van der Waals surface area contributed by atoms with Crippen LogP contribution in [0, 0.1) is 5.92 Å². The fourth-order valence-corrected chi connectivity index (χ4v) is 2.27. The van der Waals surface area contributed by atoms with E-state index in [-0.39, 0.29) is 11.7 Å². The van der Waals surface area contributed by atoms with Crippen molar-refractivity contribution < 1.29 is 9.53 Å². The lowest BCUT2D eigenvalue weighted by molar-refractivity contribution is 0.0902. The molecule has 0 saturated carbocycles. The largest absolute Gasteiger partial charge is 0.381 e. The van der Waals surface area contributed by atoms with Gasteiger partial charge in [0.15, 0.2) is 5.78 Å². The Kier molecular flexibility index (Phi) is 2.61. The highest BCUT2D eigenvalue weighted by Crippen LogP contribution is 2.23. The van der Waals surface area contributed by atoms with Crippen molar-refractivity contribution >= 4 is 16.7 Å². The first kappa shape index (κ1) is 10.4. The van der Waals surface area contributed by atoms with Crippen LogP contribution in [0.15, 0.2) is 36.5 Å². The molecule has 0 N–H and O–H groups in total. The zero-order chi connectivity index (χ0) is 11.7. The van der Waals surface area contributed by atoms with Gasteiger partial charge in [-0.2, -0.15) is 0 Å². The molecule has 3 rings (SSSR count). The van der Waals surface area contributed by atoms with E-state index in [2.05, 4.69) is 4.98 Å². The molecule has 0 radical (unpaired) electrons. The Balaban J connectivity index is 2.07.